The van der Waals surface area contributed by atoms with Crippen LogP contribution >= 0.6 is 27.7 Å². The van der Waals surface area contributed by atoms with E-state index in [9.17, 15) is 14.4 Å². The van der Waals surface area contributed by atoms with Crippen LogP contribution in [0.5, 0.6) is 5.75 Å². The van der Waals surface area contributed by atoms with E-state index in [4.69, 9.17) is 9.47 Å². The van der Waals surface area contributed by atoms with Gasteiger partial charge in [-0.05, 0) is 53.2 Å². The van der Waals surface area contributed by atoms with Gasteiger partial charge in [-0.3, -0.25) is 19.3 Å². The fourth-order valence-electron chi connectivity index (χ4n) is 3.31. The van der Waals surface area contributed by atoms with Crippen molar-refractivity contribution < 1.29 is 23.9 Å². The van der Waals surface area contributed by atoms with Crippen LogP contribution < -0.4 is 4.74 Å². The second-order valence-corrected chi connectivity index (χ2v) is 9.16. The van der Waals surface area contributed by atoms with E-state index >= 15 is 0 Å². The minimum atomic E-state index is -0.309. The van der Waals surface area contributed by atoms with Gasteiger partial charge in [0.1, 0.15) is 5.75 Å². The number of nitrogens with zero attached hydrogens (tertiary/aromatic N) is 2. The van der Waals surface area contributed by atoms with Gasteiger partial charge < -0.3 is 14.4 Å². The van der Waals surface area contributed by atoms with Crippen LogP contribution in [0.4, 0.5) is 4.79 Å². The van der Waals surface area contributed by atoms with E-state index < -0.39 is 0 Å². The predicted octanol–water partition coefficient (Wildman–Crippen LogP) is 3.92. The van der Waals surface area contributed by atoms with Crippen LogP contribution in [0.2, 0.25) is 0 Å². The molecule has 2 aromatic rings. The van der Waals surface area contributed by atoms with Gasteiger partial charge in [-0.1, -0.05) is 40.2 Å². The Morgan fingerprint density at radius 2 is 1.88 bits per heavy atom. The number of carbonyl (C=O) groups is 3. The van der Waals surface area contributed by atoms with E-state index in [0.717, 1.165) is 27.4 Å². The lowest BCUT2D eigenvalue weighted by Gasteiger charge is -2.26. The number of thioether (sulfide) groups is 1. The van der Waals surface area contributed by atoms with Crippen LogP contribution in [0.15, 0.2) is 57.9 Å². The summed E-state index contributed by atoms with van der Waals surface area (Å²) in [5, 5.41) is -0.289. The number of halogens is 1. The van der Waals surface area contributed by atoms with Gasteiger partial charge in [-0.15, -0.1) is 0 Å². The minimum absolute atomic E-state index is 0.0339. The highest BCUT2D eigenvalue weighted by Crippen LogP contribution is 2.33. The van der Waals surface area contributed by atoms with E-state index in [1.807, 2.05) is 24.3 Å². The number of hydrogen-bond acceptors (Lipinski definition) is 6. The molecule has 0 N–H and O–H groups in total. The summed E-state index contributed by atoms with van der Waals surface area (Å²) in [6, 6.07) is 14.6. The summed E-state index contributed by atoms with van der Waals surface area (Å²) in [7, 11) is 0. The molecule has 2 aromatic carbocycles. The quantitative estimate of drug-likeness (QED) is 0.541. The molecular weight excluding hydrogens is 496 g/mol. The Kier molecular flexibility index (Phi) is 7.29. The maximum Gasteiger partial charge on any atom is 0.293 e. The molecule has 166 valence electrons. The van der Waals surface area contributed by atoms with Gasteiger partial charge in [0.05, 0.1) is 24.7 Å². The van der Waals surface area contributed by atoms with Crippen molar-refractivity contribution in [3.8, 4) is 5.75 Å². The summed E-state index contributed by atoms with van der Waals surface area (Å²) in [6.45, 7) is 2.46. The number of hydrogen-bond donors (Lipinski definition) is 0. The average molecular weight is 517 g/mol. The Morgan fingerprint density at radius 1 is 1.12 bits per heavy atom. The zero-order chi connectivity index (χ0) is 22.5. The van der Waals surface area contributed by atoms with E-state index in [-0.39, 0.29) is 30.2 Å². The van der Waals surface area contributed by atoms with Crippen molar-refractivity contribution in [2.45, 2.75) is 6.54 Å². The zero-order valence-electron chi connectivity index (χ0n) is 17.2. The molecule has 7 nitrogen and oxygen atoms in total. The Morgan fingerprint density at radius 3 is 2.59 bits per heavy atom. The summed E-state index contributed by atoms with van der Waals surface area (Å²) in [4.78, 5) is 40.6. The maximum absolute atomic E-state index is 12.7. The van der Waals surface area contributed by atoms with Crippen molar-refractivity contribution in [3.63, 3.8) is 0 Å². The van der Waals surface area contributed by atoms with E-state index in [2.05, 4.69) is 15.9 Å². The Bertz CT molecular complexity index is 1050. The summed E-state index contributed by atoms with van der Waals surface area (Å²) in [5.74, 6) is 0.180. The van der Waals surface area contributed by atoms with Gasteiger partial charge in [0, 0.05) is 17.6 Å². The Labute approximate surface area is 198 Å². The number of ether oxygens (including phenoxy) is 2. The lowest BCUT2D eigenvalue weighted by atomic mass is 10.2. The smallest absolute Gasteiger partial charge is 0.293 e. The van der Waals surface area contributed by atoms with Crippen LogP contribution in [0.3, 0.4) is 0 Å². The Hall–Kier alpha value is -2.62. The van der Waals surface area contributed by atoms with E-state index in [1.54, 1.807) is 35.2 Å². The zero-order valence-corrected chi connectivity index (χ0v) is 19.6. The molecule has 0 aliphatic carbocycles. The molecule has 0 saturated carbocycles. The molecule has 2 heterocycles. The third-order valence-electron chi connectivity index (χ3n) is 5.01. The highest BCUT2D eigenvalue weighted by atomic mass is 79.9. The van der Waals surface area contributed by atoms with Crippen LogP contribution in [-0.2, 0) is 20.9 Å². The maximum atomic E-state index is 12.7. The summed E-state index contributed by atoms with van der Waals surface area (Å²) in [5.41, 5.74) is 1.64. The normalized spacial score (nSPS) is 17.8. The summed E-state index contributed by atoms with van der Waals surface area (Å²) < 4.78 is 11.7. The molecule has 0 spiro atoms. The fraction of sp³-hybridized carbons (Fsp3) is 0.261. The summed E-state index contributed by atoms with van der Waals surface area (Å²) in [6.07, 6.45) is 1.69. The van der Waals surface area contributed by atoms with Crippen LogP contribution in [0, 0.1) is 0 Å². The molecule has 0 radical (unpaired) electrons. The highest BCUT2D eigenvalue weighted by molar-refractivity contribution is 9.10. The molecule has 0 atom stereocenters. The van der Waals surface area contributed by atoms with E-state index in [1.165, 1.54) is 4.90 Å². The lowest BCUT2D eigenvalue weighted by molar-refractivity contribution is -0.137. The summed E-state index contributed by atoms with van der Waals surface area (Å²) >= 11 is 4.33. The van der Waals surface area contributed by atoms with Crippen molar-refractivity contribution in [1.82, 2.24) is 9.80 Å². The molecule has 2 saturated heterocycles. The van der Waals surface area contributed by atoms with Crippen molar-refractivity contribution in [2.24, 2.45) is 0 Å². The molecule has 2 aliphatic rings. The molecule has 0 unspecified atom stereocenters. The van der Waals surface area contributed by atoms with Gasteiger partial charge in [-0.25, -0.2) is 0 Å². The van der Waals surface area contributed by atoms with Crippen LogP contribution in [-0.4, -0.2) is 59.8 Å². The van der Waals surface area contributed by atoms with Crippen molar-refractivity contribution in [3.05, 3.63) is 69.0 Å². The number of imide groups is 1. The van der Waals surface area contributed by atoms with Gasteiger partial charge in [-0.2, -0.15) is 0 Å². The average Bonchev–Trinajstić information content (AvgIpc) is 3.06. The standard InChI is InChI=1S/C23H21BrN2O5S/c24-18-3-1-2-17(12-18)14-26-22(28)20(32-23(26)29)13-16-4-6-19(7-5-16)31-15-21(27)25-8-10-30-11-9-25/h1-7,12-13H,8-11,14-15H2/b20-13+. The molecule has 2 fully saturated rings. The highest BCUT2D eigenvalue weighted by Gasteiger charge is 2.35. The monoisotopic (exact) mass is 516 g/mol. The molecule has 3 amide bonds. The molecule has 2 aliphatic heterocycles. The predicted molar refractivity (Wildman–Crippen MR) is 125 cm³/mol. The number of benzene rings is 2. The third kappa shape index (κ3) is 5.59. The third-order valence-corrected chi connectivity index (χ3v) is 6.41. The SMILES string of the molecule is O=C(COc1ccc(/C=C2/SC(=O)N(Cc3cccc(Br)c3)C2=O)cc1)N1CCOCC1. The fourth-order valence-corrected chi connectivity index (χ4v) is 4.60. The van der Waals surface area contributed by atoms with Crippen molar-refractivity contribution >= 4 is 50.8 Å². The second-order valence-electron chi connectivity index (χ2n) is 7.25. The number of morpholine rings is 1. The Balaban J connectivity index is 1.35. The first kappa shape index (κ1) is 22.6. The molecule has 32 heavy (non-hydrogen) atoms. The van der Waals surface area contributed by atoms with Crippen molar-refractivity contribution in [1.29, 1.82) is 0 Å². The number of carbonyl (C=O) groups excluding carboxylic acids is 3. The largest absolute Gasteiger partial charge is 0.484 e. The molecule has 0 aromatic heterocycles. The van der Waals surface area contributed by atoms with Crippen LogP contribution in [0.1, 0.15) is 11.1 Å². The topological polar surface area (TPSA) is 76.2 Å². The van der Waals surface area contributed by atoms with E-state index in [0.29, 0.717) is 37.0 Å². The second kappa shape index (κ2) is 10.3. The van der Waals surface area contributed by atoms with Gasteiger partial charge in [0.25, 0.3) is 17.1 Å². The van der Waals surface area contributed by atoms with Gasteiger partial charge >= 0.3 is 0 Å². The van der Waals surface area contributed by atoms with Crippen molar-refractivity contribution in [2.75, 3.05) is 32.9 Å². The number of rotatable bonds is 6. The molecule has 0 bridgehead atoms. The first-order chi connectivity index (χ1) is 15.5. The number of amides is 3. The molecule has 4 rings (SSSR count). The van der Waals surface area contributed by atoms with Gasteiger partial charge in [0.15, 0.2) is 6.61 Å². The first-order valence-electron chi connectivity index (χ1n) is 10.1. The molecular formula is C23H21BrN2O5S. The van der Waals surface area contributed by atoms with Gasteiger partial charge in [0.2, 0.25) is 0 Å². The minimum Gasteiger partial charge on any atom is -0.484 e. The lowest BCUT2D eigenvalue weighted by Crippen LogP contribution is -2.42. The van der Waals surface area contributed by atoms with Crippen LogP contribution in [0.25, 0.3) is 6.08 Å². The first-order valence-corrected chi connectivity index (χ1v) is 11.7. The molecule has 9 heteroatoms.